The van der Waals surface area contributed by atoms with Gasteiger partial charge in [-0.2, -0.15) is 0 Å². The Labute approximate surface area is 138 Å². The highest BCUT2D eigenvalue weighted by Crippen LogP contribution is 2.16. The third-order valence-corrected chi connectivity index (χ3v) is 3.35. The van der Waals surface area contributed by atoms with Gasteiger partial charge in [-0.05, 0) is 36.2 Å². The van der Waals surface area contributed by atoms with E-state index in [4.69, 9.17) is 5.73 Å². The Hall–Kier alpha value is -1.59. The predicted octanol–water partition coefficient (Wildman–Crippen LogP) is 1.87. The van der Waals surface area contributed by atoms with Crippen molar-refractivity contribution in [2.24, 2.45) is 11.1 Å². The van der Waals surface area contributed by atoms with Crippen LogP contribution in [0.2, 0.25) is 0 Å². The van der Waals surface area contributed by atoms with E-state index < -0.39 is 0 Å². The zero-order valence-electron chi connectivity index (χ0n) is 13.9. The van der Waals surface area contributed by atoms with Crippen LogP contribution in [0.25, 0.3) is 0 Å². The van der Waals surface area contributed by atoms with Gasteiger partial charge in [-0.3, -0.25) is 9.59 Å². The van der Waals surface area contributed by atoms with E-state index in [-0.39, 0.29) is 29.6 Å². The molecule has 2 N–H and O–H groups in total. The second kappa shape index (κ2) is 8.15. The monoisotopic (exact) mass is 327 g/mol. The van der Waals surface area contributed by atoms with Gasteiger partial charge in [0.25, 0.3) is 11.8 Å². The average Bonchev–Trinajstić information content (AvgIpc) is 2.45. The summed E-state index contributed by atoms with van der Waals surface area (Å²) in [6.07, 6.45) is 0. The first-order valence-electron chi connectivity index (χ1n) is 6.95. The molecule has 5 nitrogen and oxygen atoms in total. The lowest BCUT2D eigenvalue weighted by Gasteiger charge is -2.29. The lowest BCUT2D eigenvalue weighted by Crippen LogP contribution is -2.39. The number of nitrogens with two attached hydrogens (primary N) is 1. The van der Waals surface area contributed by atoms with E-state index in [0.29, 0.717) is 24.2 Å². The molecule has 0 heterocycles. The minimum atomic E-state index is -0.120. The Morgan fingerprint density at radius 1 is 1.00 bits per heavy atom. The molecule has 0 spiro atoms. The van der Waals surface area contributed by atoms with E-state index >= 15 is 0 Å². The van der Waals surface area contributed by atoms with Gasteiger partial charge in [-0.15, -0.1) is 12.4 Å². The standard InChI is InChI=1S/C16H25N3O2.ClH/c1-16(2,10-17)11-19(5)15(21)13-8-6-12(7-9-13)14(20)18(3)4;/h6-9H,10-11,17H2,1-5H3;1H. The second-order valence-corrected chi connectivity index (χ2v) is 6.31. The van der Waals surface area contributed by atoms with Crippen LogP contribution in [0.15, 0.2) is 24.3 Å². The van der Waals surface area contributed by atoms with Crippen molar-refractivity contribution in [3.8, 4) is 0 Å². The summed E-state index contributed by atoms with van der Waals surface area (Å²) in [5, 5.41) is 0. The topological polar surface area (TPSA) is 66.6 Å². The van der Waals surface area contributed by atoms with Crippen LogP contribution < -0.4 is 5.73 Å². The molecular formula is C16H26ClN3O2. The first-order chi connectivity index (χ1) is 9.68. The molecule has 0 aliphatic rings. The lowest BCUT2D eigenvalue weighted by atomic mass is 9.93. The quantitative estimate of drug-likeness (QED) is 0.897. The summed E-state index contributed by atoms with van der Waals surface area (Å²) in [4.78, 5) is 27.3. The van der Waals surface area contributed by atoms with Crippen LogP contribution in [0.5, 0.6) is 0 Å². The van der Waals surface area contributed by atoms with Crippen LogP contribution in [0.4, 0.5) is 0 Å². The molecule has 0 saturated heterocycles. The first-order valence-corrected chi connectivity index (χ1v) is 6.95. The number of carbonyl (C=O) groups is 2. The number of benzene rings is 1. The van der Waals surface area contributed by atoms with Crippen LogP contribution >= 0.6 is 12.4 Å². The molecule has 2 amide bonds. The molecule has 1 aromatic carbocycles. The Bertz CT molecular complexity index is 513. The van der Waals surface area contributed by atoms with Crippen LogP contribution in [0, 0.1) is 5.41 Å². The van der Waals surface area contributed by atoms with Gasteiger partial charge in [0.15, 0.2) is 0 Å². The zero-order valence-corrected chi connectivity index (χ0v) is 14.7. The molecule has 0 aromatic heterocycles. The van der Waals surface area contributed by atoms with Gasteiger partial charge in [0.05, 0.1) is 0 Å². The van der Waals surface area contributed by atoms with Crippen molar-refractivity contribution in [1.82, 2.24) is 9.80 Å². The Morgan fingerprint density at radius 2 is 1.41 bits per heavy atom. The summed E-state index contributed by atoms with van der Waals surface area (Å²) in [6.45, 7) is 5.15. The van der Waals surface area contributed by atoms with Crippen molar-refractivity contribution >= 4 is 24.2 Å². The molecule has 0 aliphatic carbocycles. The smallest absolute Gasteiger partial charge is 0.253 e. The number of nitrogens with zero attached hydrogens (tertiary/aromatic N) is 2. The molecule has 0 unspecified atom stereocenters. The van der Waals surface area contributed by atoms with Gasteiger partial charge >= 0.3 is 0 Å². The fourth-order valence-electron chi connectivity index (χ4n) is 2.01. The van der Waals surface area contributed by atoms with E-state index in [1.807, 2.05) is 13.8 Å². The highest BCUT2D eigenvalue weighted by Gasteiger charge is 2.22. The lowest BCUT2D eigenvalue weighted by molar-refractivity contribution is 0.0739. The van der Waals surface area contributed by atoms with E-state index in [0.717, 1.165) is 0 Å². The SMILES string of the molecule is CN(C)C(=O)c1ccc(C(=O)N(C)CC(C)(C)CN)cc1.Cl. The minimum absolute atomic E-state index is 0. The molecule has 1 aromatic rings. The average molecular weight is 328 g/mol. The number of amides is 2. The summed E-state index contributed by atoms with van der Waals surface area (Å²) in [5.41, 5.74) is 6.72. The van der Waals surface area contributed by atoms with Gasteiger partial charge in [0, 0.05) is 38.8 Å². The highest BCUT2D eigenvalue weighted by atomic mass is 35.5. The minimum Gasteiger partial charge on any atom is -0.345 e. The molecule has 0 bridgehead atoms. The summed E-state index contributed by atoms with van der Waals surface area (Å²) in [5.74, 6) is -0.146. The largest absolute Gasteiger partial charge is 0.345 e. The molecule has 1 rings (SSSR count). The Balaban J connectivity index is 0.00000441. The van der Waals surface area contributed by atoms with E-state index in [9.17, 15) is 9.59 Å². The van der Waals surface area contributed by atoms with Gasteiger partial charge < -0.3 is 15.5 Å². The molecule has 124 valence electrons. The molecule has 22 heavy (non-hydrogen) atoms. The molecule has 6 heteroatoms. The van der Waals surface area contributed by atoms with Crippen LogP contribution in [-0.2, 0) is 0 Å². The van der Waals surface area contributed by atoms with Crippen molar-refractivity contribution in [3.63, 3.8) is 0 Å². The molecule has 0 saturated carbocycles. The van der Waals surface area contributed by atoms with Gasteiger partial charge in [-0.1, -0.05) is 13.8 Å². The third kappa shape index (κ3) is 5.31. The number of hydrogen-bond acceptors (Lipinski definition) is 3. The van der Waals surface area contributed by atoms with Gasteiger partial charge in [0.2, 0.25) is 0 Å². The zero-order chi connectivity index (χ0) is 16.2. The van der Waals surface area contributed by atoms with Crippen molar-refractivity contribution in [1.29, 1.82) is 0 Å². The van der Waals surface area contributed by atoms with Crippen LogP contribution in [0.1, 0.15) is 34.6 Å². The summed E-state index contributed by atoms with van der Waals surface area (Å²) in [6, 6.07) is 6.73. The normalized spacial score (nSPS) is 10.6. The Kier molecular flexibility index (Phi) is 7.56. The Morgan fingerprint density at radius 3 is 1.77 bits per heavy atom. The van der Waals surface area contributed by atoms with Crippen molar-refractivity contribution < 1.29 is 9.59 Å². The number of rotatable bonds is 5. The molecule has 0 radical (unpaired) electrons. The highest BCUT2D eigenvalue weighted by molar-refractivity contribution is 5.97. The summed E-state index contributed by atoms with van der Waals surface area (Å²) >= 11 is 0. The molecular weight excluding hydrogens is 302 g/mol. The predicted molar refractivity (Wildman–Crippen MR) is 91.5 cm³/mol. The summed E-state index contributed by atoms with van der Waals surface area (Å²) in [7, 11) is 5.16. The fraction of sp³-hybridized carbons (Fsp3) is 0.500. The van der Waals surface area contributed by atoms with Crippen molar-refractivity contribution in [2.45, 2.75) is 13.8 Å². The van der Waals surface area contributed by atoms with E-state index in [1.54, 1.807) is 50.3 Å². The van der Waals surface area contributed by atoms with Crippen molar-refractivity contribution in [2.75, 3.05) is 34.2 Å². The first kappa shape index (κ1) is 20.4. The maximum absolute atomic E-state index is 12.3. The molecule has 0 atom stereocenters. The fourth-order valence-corrected chi connectivity index (χ4v) is 2.01. The van der Waals surface area contributed by atoms with Crippen LogP contribution in [-0.4, -0.2) is 55.8 Å². The molecule has 0 fully saturated rings. The van der Waals surface area contributed by atoms with E-state index in [1.165, 1.54) is 4.90 Å². The number of halogens is 1. The van der Waals surface area contributed by atoms with E-state index in [2.05, 4.69) is 0 Å². The third-order valence-electron chi connectivity index (χ3n) is 3.35. The second-order valence-electron chi connectivity index (χ2n) is 6.31. The number of hydrogen-bond donors (Lipinski definition) is 1. The van der Waals surface area contributed by atoms with Crippen LogP contribution in [0.3, 0.4) is 0 Å². The van der Waals surface area contributed by atoms with Gasteiger partial charge in [0.1, 0.15) is 0 Å². The summed E-state index contributed by atoms with van der Waals surface area (Å²) < 4.78 is 0. The number of carbonyl (C=O) groups excluding carboxylic acids is 2. The molecule has 0 aliphatic heterocycles. The maximum Gasteiger partial charge on any atom is 0.253 e. The van der Waals surface area contributed by atoms with Gasteiger partial charge in [-0.25, -0.2) is 0 Å². The van der Waals surface area contributed by atoms with Crippen molar-refractivity contribution in [3.05, 3.63) is 35.4 Å². The maximum atomic E-state index is 12.3.